The molecule has 1 rings (SSSR count). The molecule has 1 aromatic rings. The number of aromatic nitrogens is 2. The molecule has 2 amide bonds. The van der Waals surface area contributed by atoms with Crippen molar-refractivity contribution in [1.82, 2.24) is 20.2 Å². The van der Waals surface area contributed by atoms with E-state index >= 15 is 0 Å². The number of carboxylic acids is 2. The Hall–Kier alpha value is -2.62. The SMILES string of the molecule is CC(C)CN(CC(O)C(=O)O)C(=O)N[C@@H](Cc1ncc[nH]1)C(=O)O. The Morgan fingerprint density at radius 3 is 2.38 bits per heavy atom. The number of aliphatic hydroxyl groups excluding tert-OH is 1. The fourth-order valence-corrected chi connectivity index (χ4v) is 2.01. The van der Waals surface area contributed by atoms with Crippen LogP contribution in [0.2, 0.25) is 0 Å². The van der Waals surface area contributed by atoms with Crippen molar-refractivity contribution in [2.45, 2.75) is 32.4 Å². The predicted molar refractivity (Wildman–Crippen MR) is 82.3 cm³/mol. The largest absolute Gasteiger partial charge is 0.480 e. The number of hydrogen-bond donors (Lipinski definition) is 5. The minimum absolute atomic E-state index is 0.00472. The first-order valence-corrected chi connectivity index (χ1v) is 7.38. The second kappa shape index (κ2) is 8.87. The third-order valence-corrected chi connectivity index (χ3v) is 3.10. The Labute approximate surface area is 138 Å². The van der Waals surface area contributed by atoms with Gasteiger partial charge >= 0.3 is 18.0 Å². The van der Waals surface area contributed by atoms with E-state index in [1.54, 1.807) is 0 Å². The molecule has 24 heavy (non-hydrogen) atoms. The summed E-state index contributed by atoms with van der Waals surface area (Å²) in [7, 11) is 0. The average Bonchev–Trinajstić information content (AvgIpc) is 2.97. The molecule has 0 aliphatic heterocycles. The average molecular weight is 342 g/mol. The number of carbonyl (C=O) groups excluding carboxylic acids is 1. The van der Waals surface area contributed by atoms with E-state index in [4.69, 9.17) is 5.11 Å². The summed E-state index contributed by atoms with van der Waals surface area (Å²) in [6.07, 6.45) is 1.20. The van der Waals surface area contributed by atoms with Gasteiger partial charge in [0.15, 0.2) is 6.10 Å². The molecular weight excluding hydrogens is 320 g/mol. The molecule has 10 heteroatoms. The first-order valence-electron chi connectivity index (χ1n) is 7.38. The van der Waals surface area contributed by atoms with Gasteiger partial charge < -0.3 is 30.5 Å². The van der Waals surface area contributed by atoms with Gasteiger partial charge in [-0.3, -0.25) is 0 Å². The van der Waals surface area contributed by atoms with Crippen LogP contribution in [-0.2, 0) is 16.0 Å². The van der Waals surface area contributed by atoms with E-state index in [2.05, 4.69) is 15.3 Å². The lowest BCUT2D eigenvalue weighted by Crippen LogP contribution is -2.52. The zero-order valence-electron chi connectivity index (χ0n) is 13.5. The normalized spacial score (nSPS) is 13.3. The number of nitrogens with zero attached hydrogens (tertiary/aromatic N) is 2. The van der Waals surface area contributed by atoms with Gasteiger partial charge in [0.2, 0.25) is 0 Å². The van der Waals surface area contributed by atoms with Crippen LogP contribution in [0.15, 0.2) is 12.4 Å². The zero-order chi connectivity index (χ0) is 18.3. The third-order valence-electron chi connectivity index (χ3n) is 3.10. The summed E-state index contributed by atoms with van der Waals surface area (Å²) in [5.74, 6) is -2.31. The number of amides is 2. The van der Waals surface area contributed by atoms with Crippen molar-refractivity contribution < 1.29 is 29.7 Å². The smallest absolute Gasteiger partial charge is 0.334 e. The fourth-order valence-electron chi connectivity index (χ4n) is 2.01. The summed E-state index contributed by atoms with van der Waals surface area (Å²) in [4.78, 5) is 42.1. The number of aromatic amines is 1. The molecule has 0 spiro atoms. The monoisotopic (exact) mass is 342 g/mol. The molecule has 1 aromatic heterocycles. The number of carbonyl (C=O) groups is 3. The lowest BCUT2D eigenvalue weighted by Gasteiger charge is -2.27. The number of rotatable bonds is 9. The molecule has 134 valence electrons. The third kappa shape index (κ3) is 6.24. The molecule has 0 saturated heterocycles. The summed E-state index contributed by atoms with van der Waals surface area (Å²) in [6, 6.07) is -2.00. The number of aliphatic carboxylic acids is 2. The number of carboxylic acid groups (broad SMARTS) is 2. The van der Waals surface area contributed by atoms with Crippen LogP contribution in [0.3, 0.4) is 0 Å². The van der Waals surface area contributed by atoms with Gasteiger partial charge in [-0.05, 0) is 5.92 Å². The molecule has 5 N–H and O–H groups in total. The van der Waals surface area contributed by atoms with Crippen molar-refractivity contribution in [3.05, 3.63) is 18.2 Å². The van der Waals surface area contributed by atoms with Crippen LogP contribution in [-0.4, -0.2) is 73.4 Å². The minimum Gasteiger partial charge on any atom is -0.480 e. The maximum absolute atomic E-state index is 12.3. The summed E-state index contributed by atoms with van der Waals surface area (Å²) >= 11 is 0. The molecule has 0 bridgehead atoms. The summed E-state index contributed by atoms with van der Waals surface area (Å²) in [5.41, 5.74) is 0. The van der Waals surface area contributed by atoms with E-state index in [-0.39, 0.29) is 18.9 Å². The quantitative estimate of drug-likeness (QED) is 0.405. The standard InChI is InChI=1S/C14H22N4O6/c1-8(2)6-18(7-10(19)13(22)23)14(24)17-9(12(20)21)5-11-15-3-4-16-11/h3-4,8-10,19H,5-7H2,1-2H3,(H,15,16)(H,17,24)(H,20,21)(H,22,23)/t9-,10?/m0/s1. The van der Waals surface area contributed by atoms with Gasteiger partial charge in [-0.15, -0.1) is 0 Å². The first kappa shape index (κ1) is 19.4. The molecule has 0 aliphatic rings. The van der Waals surface area contributed by atoms with Gasteiger partial charge in [0.25, 0.3) is 0 Å². The second-order valence-corrected chi connectivity index (χ2v) is 5.73. The van der Waals surface area contributed by atoms with Crippen LogP contribution < -0.4 is 5.32 Å². The summed E-state index contributed by atoms with van der Waals surface area (Å²) in [6.45, 7) is 3.35. The number of aliphatic hydroxyl groups is 1. The van der Waals surface area contributed by atoms with Crippen LogP contribution >= 0.6 is 0 Å². The highest BCUT2D eigenvalue weighted by atomic mass is 16.4. The Morgan fingerprint density at radius 2 is 1.92 bits per heavy atom. The van der Waals surface area contributed by atoms with Crippen molar-refractivity contribution in [3.63, 3.8) is 0 Å². The minimum atomic E-state index is -1.75. The van der Waals surface area contributed by atoms with Gasteiger partial charge in [0.1, 0.15) is 11.9 Å². The number of H-pyrrole nitrogens is 1. The van der Waals surface area contributed by atoms with Gasteiger partial charge in [0, 0.05) is 25.4 Å². The van der Waals surface area contributed by atoms with Crippen LogP contribution in [0, 0.1) is 5.92 Å². The molecular formula is C14H22N4O6. The molecule has 0 aromatic carbocycles. The van der Waals surface area contributed by atoms with E-state index in [0.717, 1.165) is 4.90 Å². The Balaban J connectivity index is 2.78. The molecule has 0 radical (unpaired) electrons. The van der Waals surface area contributed by atoms with Crippen LogP contribution in [0.4, 0.5) is 4.79 Å². The van der Waals surface area contributed by atoms with Crippen LogP contribution in [0.5, 0.6) is 0 Å². The van der Waals surface area contributed by atoms with Gasteiger partial charge in [-0.1, -0.05) is 13.8 Å². The number of hydrogen-bond acceptors (Lipinski definition) is 5. The topological polar surface area (TPSA) is 156 Å². The van der Waals surface area contributed by atoms with E-state index < -0.39 is 36.7 Å². The van der Waals surface area contributed by atoms with E-state index in [1.807, 2.05) is 13.8 Å². The Bertz CT molecular complexity index is 560. The molecule has 10 nitrogen and oxygen atoms in total. The number of imidazole rings is 1. The first-order chi connectivity index (χ1) is 11.2. The van der Waals surface area contributed by atoms with Crippen molar-refractivity contribution >= 4 is 18.0 Å². The van der Waals surface area contributed by atoms with Crippen LogP contribution in [0.1, 0.15) is 19.7 Å². The molecule has 0 aliphatic carbocycles. The molecule has 0 fully saturated rings. The second-order valence-electron chi connectivity index (χ2n) is 5.73. The van der Waals surface area contributed by atoms with Crippen molar-refractivity contribution in [2.24, 2.45) is 5.92 Å². The number of urea groups is 1. The Morgan fingerprint density at radius 1 is 1.25 bits per heavy atom. The molecule has 1 unspecified atom stereocenters. The molecule has 0 saturated carbocycles. The maximum Gasteiger partial charge on any atom is 0.334 e. The lowest BCUT2D eigenvalue weighted by atomic mass is 10.2. The van der Waals surface area contributed by atoms with Gasteiger partial charge in [-0.25, -0.2) is 19.4 Å². The van der Waals surface area contributed by atoms with E-state index in [0.29, 0.717) is 5.82 Å². The maximum atomic E-state index is 12.3. The highest BCUT2D eigenvalue weighted by Crippen LogP contribution is 2.04. The van der Waals surface area contributed by atoms with Gasteiger partial charge in [0.05, 0.1) is 6.54 Å². The Kier molecular flexibility index (Phi) is 7.18. The van der Waals surface area contributed by atoms with Crippen molar-refractivity contribution in [3.8, 4) is 0 Å². The van der Waals surface area contributed by atoms with E-state index in [9.17, 15) is 24.6 Å². The lowest BCUT2D eigenvalue weighted by molar-refractivity contribution is -0.147. The fraction of sp³-hybridized carbons (Fsp3) is 0.571. The van der Waals surface area contributed by atoms with Crippen molar-refractivity contribution in [2.75, 3.05) is 13.1 Å². The zero-order valence-corrected chi connectivity index (χ0v) is 13.5. The molecule has 2 atom stereocenters. The highest BCUT2D eigenvalue weighted by Gasteiger charge is 2.27. The predicted octanol–water partition coefficient (Wildman–Crippen LogP) is -0.481. The highest BCUT2D eigenvalue weighted by molar-refractivity contribution is 5.83. The molecule has 1 heterocycles. The summed E-state index contributed by atoms with van der Waals surface area (Å²) < 4.78 is 0. The summed E-state index contributed by atoms with van der Waals surface area (Å²) in [5, 5.41) is 29.8. The van der Waals surface area contributed by atoms with Crippen LogP contribution in [0.25, 0.3) is 0 Å². The van der Waals surface area contributed by atoms with Gasteiger partial charge in [-0.2, -0.15) is 0 Å². The number of nitrogens with one attached hydrogen (secondary N) is 2. The van der Waals surface area contributed by atoms with Crippen molar-refractivity contribution in [1.29, 1.82) is 0 Å². The van der Waals surface area contributed by atoms with E-state index in [1.165, 1.54) is 12.4 Å².